The molecule has 1 aromatic carbocycles. The second-order valence-electron chi connectivity index (χ2n) is 7.20. The second kappa shape index (κ2) is 11.1. The molecule has 9 nitrogen and oxygen atoms in total. The molecule has 0 heterocycles. The number of hydrogen-bond donors (Lipinski definition) is 2. The van der Waals surface area contributed by atoms with Gasteiger partial charge >= 0.3 is 12.3 Å². The molecule has 0 radical (unpaired) electrons. The van der Waals surface area contributed by atoms with Gasteiger partial charge < -0.3 is 30.4 Å². The van der Waals surface area contributed by atoms with Crippen molar-refractivity contribution in [3.63, 3.8) is 0 Å². The van der Waals surface area contributed by atoms with Crippen molar-refractivity contribution in [1.82, 2.24) is 0 Å². The number of hydrogen-bond acceptors (Lipinski definition) is 7. The summed E-state index contributed by atoms with van der Waals surface area (Å²) >= 11 is 0. The molecule has 0 saturated carbocycles. The van der Waals surface area contributed by atoms with E-state index in [-0.39, 0.29) is 43.0 Å². The highest BCUT2D eigenvalue weighted by atomic mass is 16.7. The minimum atomic E-state index is -0.938. The van der Waals surface area contributed by atoms with E-state index in [1.54, 1.807) is 6.07 Å². The molecule has 0 spiro atoms. The van der Waals surface area contributed by atoms with E-state index in [4.69, 9.17) is 24.7 Å². The summed E-state index contributed by atoms with van der Waals surface area (Å²) in [6.45, 7) is 7.89. The van der Waals surface area contributed by atoms with Crippen molar-refractivity contribution in [2.75, 3.05) is 13.2 Å². The van der Waals surface area contributed by atoms with Gasteiger partial charge in [0.2, 0.25) is 0 Å². The lowest BCUT2D eigenvalue weighted by molar-refractivity contribution is -0.402. The zero-order valence-corrected chi connectivity index (χ0v) is 16.7. The maximum absolute atomic E-state index is 11.9. The molecule has 1 amide bonds. The van der Waals surface area contributed by atoms with E-state index < -0.39 is 24.3 Å². The fraction of sp³-hybridized carbons (Fsp3) is 0.526. The first-order valence-corrected chi connectivity index (χ1v) is 9.03. The molecule has 1 rings (SSSR count). The van der Waals surface area contributed by atoms with Crippen LogP contribution in [-0.4, -0.2) is 37.5 Å². The Hall–Kier alpha value is -2.81. The van der Waals surface area contributed by atoms with Gasteiger partial charge in [-0.3, -0.25) is 4.79 Å². The quantitative estimate of drug-likeness (QED) is 0.477. The summed E-state index contributed by atoms with van der Waals surface area (Å²) in [6, 6.07) is 3.84. The predicted molar refractivity (Wildman–Crippen MR) is 99.6 cm³/mol. The zero-order chi connectivity index (χ0) is 21.3. The Bertz CT molecular complexity index is 689. The minimum absolute atomic E-state index is 0.0151. The average molecular weight is 397 g/mol. The molecule has 28 heavy (non-hydrogen) atoms. The van der Waals surface area contributed by atoms with Crippen LogP contribution >= 0.6 is 0 Å². The number of primary amides is 1. The van der Waals surface area contributed by atoms with Crippen molar-refractivity contribution in [1.29, 1.82) is 0 Å². The number of quaternary nitrogens is 1. The Morgan fingerprint density at radius 3 is 1.89 bits per heavy atom. The van der Waals surface area contributed by atoms with Crippen molar-refractivity contribution in [2.45, 2.75) is 40.2 Å². The predicted octanol–water partition coefficient (Wildman–Crippen LogP) is 1.67. The second-order valence-corrected chi connectivity index (χ2v) is 7.20. The summed E-state index contributed by atoms with van der Waals surface area (Å²) in [6.07, 6.45) is -1.63. The smallest absolute Gasteiger partial charge is 0.434 e. The van der Waals surface area contributed by atoms with Gasteiger partial charge in [-0.05, 0) is 29.5 Å². The first-order valence-electron chi connectivity index (χ1n) is 9.03. The van der Waals surface area contributed by atoms with Gasteiger partial charge in [-0.25, -0.2) is 9.59 Å². The Kier molecular flexibility index (Phi) is 9.23. The third kappa shape index (κ3) is 8.72. The number of nitrogens with two attached hydrogens (primary N) is 1. The molecule has 0 aromatic heterocycles. The standard InChI is InChI=1S/C19H28N2O7/c1-11(2)9-25-18(23)27-15-6-5-13(7-14(20)17(21)22)8-16(15)28-19(24)26-10-12(3)4/h5-6,8,11-12,14H,7,9-10,20H2,1-4H3,(H2,21,22)/p+1. The Morgan fingerprint density at radius 1 is 0.929 bits per heavy atom. The van der Waals surface area contributed by atoms with Gasteiger partial charge in [0, 0.05) is 6.42 Å². The van der Waals surface area contributed by atoms with Crippen LogP contribution in [0.15, 0.2) is 18.2 Å². The largest absolute Gasteiger partial charge is 0.513 e. The number of carbonyl (C=O) groups is 3. The van der Waals surface area contributed by atoms with E-state index in [1.807, 2.05) is 27.7 Å². The molecule has 1 atom stereocenters. The van der Waals surface area contributed by atoms with Crippen LogP contribution in [0.4, 0.5) is 9.59 Å². The maximum Gasteiger partial charge on any atom is 0.513 e. The highest BCUT2D eigenvalue weighted by molar-refractivity contribution is 5.78. The van der Waals surface area contributed by atoms with Crippen LogP contribution in [0, 0.1) is 11.8 Å². The van der Waals surface area contributed by atoms with E-state index >= 15 is 0 Å². The lowest BCUT2D eigenvalue weighted by Gasteiger charge is -2.14. The van der Waals surface area contributed by atoms with E-state index in [1.165, 1.54) is 12.1 Å². The maximum atomic E-state index is 11.9. The molecule has 5 N–H and O–H groups in total. The van der Waals surface area contributed by atoms with Crippen LogP contribution in [0.25, 0.3) is 0 Å². The van der Waals surface area contributed by atoms with Crippen LogP contribution in [-0.2, 0) is 20.7 Å². The molecule has 0 saturated heterocycles. The molecule has 9 heteroatoms. The molecular weight excluding hydrogens is 368 g/mol. The fourth-order valence-electron chi connectivity index (χ4n) is 1.94. The molecule has 0 aliphatic heterocycles. The lowest BCUT2D eigenvalue weighted by atomic mass is 10.1. The summed E-state index contributed by atoms with van der Waals surface area (Å²) in [4.78, 5) is 35.0. The van der Waals surface area contributed by atoms with Gasteiger partial charge in [-0.1, -0.05) is 33.8 Å². The zero-order valence-electron chi connectivity index (χ0n) is 16.7. The van der Waals surface area contributed by atoms with E-state index in [2.05, 4.69) is 5.73 Å². The van der Waals surface area contributed by atoms with Crippen LogP contribution in [0.5, 0.6) is 11.5 Å². The molecule has 0 fully saturated rings. The van der Waals surface area contributed by atoms with Gasteiger partial charge in [-0.15, -0.1) is 0 Å². The molecule has 1 unspecified atom stereocenters. The molecule has 1 aromatic rings. The Labute approximate surface area is 164 Å². The van der Waals surface area contributed by atoms with Gasteiger partial charge in [0.05, 0.1) is 13.2 Å². The number of ether oxygens (including phenoxy) is 4. The van der Waals surface area contributed by atoms with Crippen LogP contribution in [0.2, 0.25) is 0 Å². The Balaban J connectivity index is 2.96. The first kappa shape index (κ1) is 23.2. The number of amides is 1. The Morgan fingerprint density at radius 2 is 1.43 bits per heavy atom. The normalized spacial score (nSPS) is 11.8. The fourth-order valence-corrected chi connectivity index (χ4v) is 1.94. The van der Waals surface area contributed by atoms with Gasteiger partial charge in [0.1, 0.15) is 0 Å². The third-order valence-corrected chi connectivity index (χ3v) is 3.35. The minimum Gasteiger partial charge on any atom is -0.434 e. The summed E-state index contributed by atoms with van der Waals surface area (Å²) in [7, 11) is 0. The summed E-state index contributed by atoms with van der Waals surface area (Å²) in [5.74, 6) is -0.345. The van der Waals surface area contributed by atoms with E-state index in [0.717, 1.165) is 0 Å². The first-order chi connectivity index (χ1) is 13.1. The monoisotopic (exact) mass is 397 g/mol. The van der Waals surface area contributed by atoms with E-state index in [0.29, 0.717) is 5.56 Å². The third-order valence-electron chi connectivity index (χ3n) is 3.35. The van der Waals surface area contributed by atoms with Gasteiger partial charge in [0.25, 0.3) is 5.91 Å². The van der Waals surface area contributed by atoms with E-state index in [9.17, 15) is 14.4 Å². The number of rotatable bonds is 9. The molecule has 0 aliphatic carbocycles. The highest BCUT2D eigenvalue weighted by Gasteiger charge is 2.20. The lowest BCUT2D eigenvalue weighted by Crippen LogP contribution is -2.67. The van der Waals surface area contributed by atoms with Gasteiger partial charge in [-0.2, -0.15) is 0 Å². The van der Waals surface area contributed by atoms with Crippen molar-refractivity contribution >= 4 is 18.2 Å². The molecular formula is C19H29N2O7+. The average Bonchev–Trinajstić information content (AvgIpc) is 2.60. The van der Waals surface area contributed by atoms with Crippen LogP contribution in [0.1, 0.15) is 33.3 Å². The summed E-state index contributed by atoms with van der Waals surface area (Å²) < 4.78 is 20.3. The van der Waals surface area contributed by atoms with Crippen LogP contribution < -0.4 is 20.9 Å². The van der Waals surface area contributed by atoms with Gasteiger partial charge in [0.15, 0.2) is 17.5 Å². The summed E-state index contributed by atoms with van der Waals surface area (Å²) in [5, 5.41) is 0. The topological polar surface area (TPSA) is 142 Å². The summed E-state index contributed by atoms with van der Waals surface area (Å²) in [5.41, 5.74) is 9.52. The van der Waals surface area contributed by atoms with Crippen molar-refractivity contribution in [3.8, 4) is 11.5 Å². The molecule has 156 valence electrons. The number of benzene rings is 1. The van der Waals surface area contributed by atoms with Crippen molar-refractivity contribution in [3.05, 3.63) is 23.8 Å². The highest BCUT2D eigenvalue weighted by Crippen LogP contribution is 2.30. The van der Waals surface area contributed by atoms with Crippen molar-refractivity contribution in [2.24, 2.45) is 17.6 Å². The van der Waals surface area contributed by atoms with Crippen LogP contribution in [0.3, 0.4) is 0 Å². The van der Waals surface area contributed by atoms with Crippen molar-refractivity contribution < 1.29 is 39.1 Å². The molecule has 0 bridgehead atoms. The molecule has 0 aliphatic rings. The SMILES string of the molecule is CC(C)COC(=O)Oc1ccc(CC([NH3+])C(N)=O)cc1OC(=O)OCC(C)C. The number of carbonyl (C=O) groups excluding carboxylic acids is 3.